The van der Waals surface area contributed by atoms with E-state index in [0.717, 1.165) is 19.1 Å². The fourth-order valence-corrected chi connectivity index (χ4v) is 4.34. The average Bonchev–Trinajstić information content (AvgIpc) is 2.98. The van der Waals surface area contributed by atoms with E-state index in [4.69, 9.17) is 18.3 Å². The van der Waals surface area contributed by atoms with Crippen molar-refractivity contribution in [2.45, 2.75) is 52.2 Å². The lowest BCUT2D eigenvalue weighted by Crippen LogP contribution is -2.42. The monoisotopic (exact) mass is 248 g/mol. The van der Waals surface area contributed by atoms with Crippen LogP contribution in [0, 0.1) is 0 Å². The van der Waals surface area contributed by atoms with Gasteiger partial charge in [0, 0.05) is 6.61 Å². The molecule has 0 aliphatic carbocycles. The Morgan fingerprint density at radius 1 is 1.44 bits per heavy atom. The second-order valence-electron chi connectivity index (χ2n) is 4.29. The van der Waals surface area contributed by atoms with Crippen LogP contribution < -0.4 is 0 Å². The van der Waals surface area contributed by atoms with Crippen LogP contribution in [-0.4, -0.2) is 40.8 Å². The van der Waals surface area contributed by atoms with Gasteiger partial charge >= 0.3 is 8.56 Å². The van der Waals surface area contributed by atoms with Gasteiger partial charge in [-0.05, 0) is 26.4 Å². The largest absolute Gasteiger partial charge is 0.395 e. The van der Waals surface area contributed by atoms with Gasteiger partial charge in [0.2, 0.25) is 0 Å². The summed E-state index contributed by atoms with van der Waals surface area (Å²) in [5.74, 6) is 0. The first-order chi connectivity index (χ1) is 7.59. The third kappa shape index (κ3) is 5.40. The Morgan fingerprint density at radius 2 is 2.12 bits per heavy atom. The van der Waals surface area contributed by atoms with E-state index in [2.05, 4.69) is 13.5 Å². The third-order valence-corrected chi connectivity index (χ3v) is 5.63. The van der Waals surface area contributed by atoms with Crippen molar-refractivity contribution in [3.63, 3.8) is 0 Å². The van der Waals surface area contributed by atoms with Crippen molar-refractivity contribution in [3.8, 4) is 0 Å². The van der Waals surface area contributed by atoms with E-state index >= 15 is 0 Å². The molecule has 16 heavy (non-hydrogen) atoms. The summed E-state index contributed by atoms with van der Waals surface area (Å²) in [4.78, 5) is 0. The summed E-state index contributed by atoms with van der Waals surface area (Å²) in [6.07, 6.45) is 1.18. The van der Waals surface area contributed by atoms with Crippen molar-refractivity contribution in [2.75, 3.05) is 19.8 Å². The zero-order chi connectivity index (χ0) is 12.0. The lowest BCUT2D eigenvalue weighted by atomic mass is 10.5. The number of ether oxygens (including phenoxy) is 2. The van der Waals surface area contributed by atoms with Crippen LogP contribution in [-0.2, 0) is 18.3 Å². The second kappa shape index (κ2) is 6.71. The summed E-state index contributed by atoms with van der Waals surface area (Å²) in [6.45, 7) is 10.4. The topological polar surface area (TPSA) is 40.2 Å². The fourth-order valence-electron chi connectivity index (χ4n) is 1.72. The lowest BCUT2D eigenvalue weighted by Gasteiger charge is -2.29. The predicted octanol–water partition coefficient (Wildman–Crippen LogP) is 2.28. The van der Waals surface area contributed by atoms with Gasteiger partial charge in [-0.1, -0.05) is 13.3 Å². The summed E-state index contributed by atoms with van der Waals surface area (Å²) < 4.78 is 22.3. The molecule has 96 valence electrons. The smallest absolute Gasteiger partial charge is 0.336 e. The Labute approximate surface area is 99.5 Å². The Balaban J connectivity index is 2.26. The first-order valence-electron chi connectivity index (χ1n) is 6.14. The molecule has 2 unspecified atom stereocenters. The Bertz CT molecular complexity index is 190. The van der Waals surface area contributed by atoms with E-state index in [-0.39, 0.29) is 12.4 Å². The van der Waals surface area contributed by atoms with Crippen molar-refractivity contribution in [3.05, 3.63) is 0 Å². The van der Waals surface area contributed by atoms with Gasteiger partial charge in [-0.15, -0.1) is 0 Å². The molecule has 1 saturated heterocycles. The summed E-state index contributed by atoms with van der Waals surface area (Å²) in [5.41, 5.74) is 0. The molecule has 0 spiro atoms. The summed E-state index contributed by atoms with van der Waals surface area (Å²) >= 11 is 0. The zero-order valence-corrected chi connectivity index (χ0v) is 11.8. The highest BCUT2D eigenvalue weighted by atomic mass is 28.4. The molecule has 0 amide bonds. The SMILES string of the molecule is CCC[Si@](C)(OCC)OC(C)OCC1CO1. The van der Waals surface area contributed by atoms with Gasteiger partial charge in [-0.25, -0.2) is 0 Å². The highest BCUT2D eigenvalue weighted by molar-refractivity contribution is 6.66. The number of hydrogen-bond acceptors (Lipinski definition) is 4. The van der Waals surface area contributed by atoms with Gasteiger partial charge in [-0.2, -0.15) is 0 Å². The second-order valence-corrected chi connectivity index (χ2v) is 7.58. The molecule has 5 heteroatoms. The van der Waals surface area contributed by atoms with Crippen molar-refractivity contribution in [1.29, 1.82) is 0 Å². The van der Waals surface area contributed by atoms with E-state index in [1.807, 2.05) is 13.8 Å². The molecule has 1 aliphatic rings. The summed E-state index contributed by atoms with van der Waals surface area (Å²) in [5, 5.41) is 0. The van der Waals surface area contributed by atoms with Crippen LogP contribution in [0.3, 0.4) is 0 Å². The van der Waals surface area contributed by atoms with E-state index < -0.39 is 8.56 Å². The summed E-state index contributed by atoms with van der Waals surface area (Å²) in [6, 6.07) is 1.01. The molecule has 0 radical (unpaired) electrons. The maximum Gasteiger partial charge on any atom is 0.336 e. The van der Waals surface area contributed by atoms with Crippen LogP contribution in [0.1, 0.15) is 27.2 Å². The molecule has 1 heterocycles. The molecule has 4 nitrogen and oxygen atoms in total. The molecule has 0 bridgehead atoms. The van der Waals surface area contributed by atoms with E-state index in [9.17, 15) is 0 Å². The molecular formula is C11H24O4Si. The molecule has 0 aromatic rings. The van der Waals surface area contributed by atoms with Crippen LogP contribution in [0.15, 0.2) is 0 Å². The predicted molar refractivity (Wildman–Crippen MR) is 64.6 cm³/mol. The number of epoxide rings is 1. The van der Waals surface area contributed by atoms with E-state index in [1.165, 1.54) is 0 Å². The third-order valence-electron chi connectivity index (χ3n) is 2.49. The number of hydrogen-bond donors (Lipinski definition) is 0. The van der Waals surface area contributed by atoms with Gasteiger partial charge in [-0.3, -0.25) is 0 Å². The highest BCUT2D eigenvalue weighted by Gasteiger charge is 2.33. The minimum Gasteiger partial charge on any atom is -0.395 e. The van der Waals surface area contributed by atoms with E-state index in [1.54, 1.807) is 0 Å². The van der Waals surface area contributed by atoms with Crippen molar-refractivity contribution >= 4 is 8.56 Å². The minimum absolute atomic E-state index is 0.195. The molecular weight excluding hydrogens is 224 g/mol. The van der Waals surface area contributed by atoms with Crippen LogP contribution in [0.4, 0.5) is 0 Å². The average molecular weight is 248 g/mol. The van der Waals surface area contributed by atoms with Crippen LogP contribution >= 0.6 is 0 Å². The van der Waals surface area contributed by atoms with Gasteiger partial charge in [0.1, 0.15) is 12.4 Å². The zero-order valence-electron chi connectivity index (χ0n) is 10.8. The molecule has 1 rings (SSSR count). The van der Waals surface area contributed by atoms with Crippen molar-refractivity contribution in [1.82, 2.24) is 0 Å². The molecule has 0 saturated carbocycles. The van der Waals surface area contributed by atoms with Gasteiger partial charge in [0.05, 0.1) is 13.2 Å². The van der Waals surface area contributed by atoms with Crippen LogP contribution in [0.25, 0.3) is 0 Å². The van der Waals surface area contributed by atoms with Crippen LogP contribution in [0.2, 0.25) is 12.6 Å². The lowest BCUT2D eigenvalue weighted by molar-refractivity contribution is -0.0898. The first-order valence-corrected chi connectivity index (χ1v) is 8.67. The van der Waals surface area contributed by atoms with Gasteiger partial charge in [0.25, 0.3) is 0 Å². The highest BCUT2D eigenvalue weighted by Crippen LogP contribution is 2.19. The van der Waals surface area contributed by atoms with Crippen molar-refractivity contribution in [2.24, 2.45) is 0 Å². The maximum atomic E-state index is 5.94. The van der Waals surface area contributed by atoms with Gasteiger partial charge in [0.15, 0.2) is 0 Å². The molecule has 3 atom stereocenters. The molecule has 1 fully saturated rings. The van der Waals surface area contributed by atoms with Gasteiger partial charge < -0.3 is 18.3 Å². The molecule has 0 aromatic carbocycles. The molecule has 0 N–H and O–H groups in total. The summed E-state index contributed by atoms with van der Waals surface area (Å²) in [7, 11) is -2.03. The normalized spacial score (nSPS) is 25.1. The van der Waals surface area contributed by atoms with Crippen LogP contribution in [0.5, 0.6) is 0 Å². The minimum atomic E-state index is -2.03. The standard InChI is InChI=1S/C11H24O4Si/c1-5-7-16(4,14-6-2)15-10(3)12-8-11-9-13-11/h10-11H,5-9H2,1-4H3/t10?,11?,16-/m1/s1. The Kier molecular flexibility index (Phi) is 5.92. The molecule has 1 aliphatic heterocycles. The maximum absolute atomic E-state index is 5.94. The quantitative estimate of drug-likeness (QED) is 0.356. The van der Waals surface area contributed by atoms with Crippen molar-refractivity contribution < 1.29 is 18.3 Å². The fraction of sp³-hybridized carbons (Fsp3) is 1.00. The number of rotatable bonds is 9. The first kappa shape index (κ1) is 14.1. The molecule has 0 aromatic heterocycles. The van der Waals surface area contributed by atoms with E-state index in [0.29, 0.717) is 13.2 Å². The Hall–Kier alpha value is 0.0569. The Morgan fingerprint density at radius 3 is 2.62 bits per heavy atom.